The number of piperidine rings is 1. The van der Waals surface area contributed by atoms with Crippen LogP contribution in [0.25, 0.3) is 0 Å². The molecule has 3 N–H and O–H groups in total. The standard InChI is InChI=1S/C14H20BrN3O/c1-17-9-11-2-3-12(8-13(11)15)18-6-4-10(5-7-18)14(16)19/h2-3,8,10,17H,4-7,9H2,1H3,(H2,16,19). The van der Waals surface area contributed by atoms with Gasteiger partial charge in [-0.2, -0.15) is 0 Å². The quantitative estimate of drug-likeness (QED) is 0.888. The van der Waals surface area contributed by atoms with E-state index < -0.39 is 0 Å². The van der Waals surface area contributed by atoms with Crippen molar-refractivity contribution in [2.45, 2.75) is 19.4 Å². The summed E-state index contributed by atoms with van der Waals surface area (Å²) in [6.45, 7) is 2.64. The van der Waals surface area contributed by atoms with Crippen molar-refractivity contribution in [3.63, 3.8) is 0 Å². The fourth-order valence-corrected chi connectivity index (χ4v) is 3.00. The average Bonchev–Trinajstić information content (AvgIpc) is 2.41. The van der Waals surface area contributed by atoms with E-state index >= 15 is 0 Å². The molecule has 2 rings (SSSR count). The van der Waals surface area contributed by atoms with Crippen LogP contribution in [0.5, 0.6) is 0 Å². The van der Waals surface area contributed by atoms with E-state index in [1.807, 2.05) is 7.05 Å². The van der Waals surface area contributed by atoms with Crippen LogP contribution in [0.15, 0.2) is 22.7 Å². The van der Waals surface area contributed by atoms with Gasteiger partial charge in [-0.3, -0.25) is 4.79 Å². The van der Waals surface area contributed by atoms with E-state index in [-0.39, 0.29) is 11.8 Å². The van der Waals surface area contributed by atoms with Crippen LogP contribution in [-0.2, 0) is 11.3 Å². The third-order valence-corrected chi connectivity index (χ3v) is 4.40. The monoisotopic (exact) mass is 325 g/mol. The Kier molecular flexibility index (Phi) is 4.82. The van der Waals surface area contributed by atoms with E-state index in [1.165, 1.54) is 11.3 Å². The second-order valence-electron chi connectivity index (χ2n) is 4.97. The lowest BCUT2D eigenvalue weighted by Crippen LogP contribution is -2.38. The molecule has 4 nitrogen and oxygen atoms in total. The topological polar surface area (TPSA) is 58.4 Å². The molecular formula is C14H20BrN3O. The minimum absolute atomic E-state index is 0.0447. The first-order valence-electron chi connectivity index (χ1n) is 6.59. The molecule has 1 aliphatic rings. The predicted octanol–water partition coefficient (Wildman–Crippen LogP) is 1.87. The molecule has 1 fully saturated rings. The number of nitrogens with zero attached hydrogens (tertiary/aromatic N) is 1. The largest absolute Gasteiger partial charge is 0.371 e. The van der Waals surface area contributed by atoms with Gasteiger partial charge in [0.25, 0.3) is 0 Å². The number of carbonyl (C=O) groups is 1. The molecule has 0 aromatic heterocycles. The van der Waals surface area contributed by atoms with E-state index in [2.05, 4.69) is 44.3 Å². The Bertz CT molecular complexity index is 456. The summed E-state index contributed by atoms with van der Waals surface area (Å²) in [6, 6.07) is 6.43. The maximum absolute atomic E-state index is 11.2. The van der Waals surface area contributed by atoms with Crippen LogP contribution in [0.4, 0.5) is 5.69 Å². The summed E-state index contributed by atoms with van der Waals surface area (Å²) < 4.78 is 1.12. The van der Waals surface area contributed by atoms with Gasteiger partial charge < -0.3 is 16.0 Å². The number of nitrogens with two attached hydrogens (primary N) is 1. The molecule has 0 atom stereocenters. The van der Waals surface area contributed by atoms with Crippen LogP contribution in [0.3, 0.4) is 0 Å². The summed E-state index contributed by atoms with van der Waals surface area (Å²) in [5.74, 6) is -0.117. The van der Waals surface area contributed by atoms with E-state index in [1.54, 1.807) is 0 Å². The lowest BCUT2D eigenvalue weighted by atomic mass is 9.96. The highest BCUT2D eigenvalue weighted by molar-refractivity contribution is 9.10. The van der Waals surface area contributed by atoms with Crippen molar-refractivity contribution < 1.29 is 4.79 Å². The van der Waals surface area contributed by atoms with Crippen molar-refractivity contribution in [1.82, 2.24) is 5.32 Å². The SMILES string of the molecule is CNCc1ccc(N2CCC(C(N)=O)CC2)cc1Br. The summed E-state index contributed by atoms with van der Waals surface area (Å²) in [5, 5.41) is 3.15. The number of rotatable bonds is 4. The van der Waals surface area contributed by atoms with Crippen molar-refractivity contribution in [2.75, 3.05) is 25.0 Å². The fourth-order valence-electron chi connectivity index (χ4n) is 2.49. The number of hydrogen-bond donors (Lipinski definition) is 2. The van der Waals surface area contributed by atoms with Crippen molar-refractivity contribution in [3.05, 3.63) is 28.2 Å². The molecular weight excluding hydrogens is 306 g/mol. The average molecular weight is 326 g/mol. The zero-order valence-electron chi connectivity index (χ0n) is 11.2. The molecule has 0 saturated carbocycles. The number of benzene rings is 1. The van der Waals surface area contributed by atoms with Gasteiger partial charge in [-0.05, 0) is 37.6 Å². The molecule has 1 aromatic rings. The number of halogens is 1. The zero-order valence-corrected chi connectivity index (χ0v) is 12.7. The maximum atomic E-state index is 11.2. The van der Waals surface area contributed by atoms with E-state index in [4.69, 9.17) is 5.73 Å². The van der Waals surface area contributed by atoms with Crippen LogP contribution in [-0.4, -0.2) is 26.0 Å². The van der Waals surface area contributed by atoms with Gasteiger partial charge in [0.1, 0.15) is 0 Å². The van der Waals surface area contributed by atoms with Crippen LogP contribution in [0.2, 0.25) is 0 Å². The third-order valence-electron chi connectivity index (χ3n) is 3.67. The van der Waals surface area contributed by atoms with E-state index in [0.29, 0.717) is 0 Å². The predicted molar refractivity (Wildman–Crippen MR) is 81.0 cm³/mol. The van der Waals surface area contributed by atoms with Gasteiger partial charge in [-0.1, -0.05) is 22.0 Å². The molecule has 0 unspecified atom stereocenters. The molecule has 0 spiro atoms. The molecule has 0 radical (unpaired) electrons. The minimum Gasteiger partial charge on any atom is -0.371 e. The Morgan fingerprint density at radius 1 is 1.47 bits per heavy atom. The summed E-state index contributed by atoms with van der Waals surface area (Å²) in [7, 11) is 1.94. The number of hydrogen-bond acceptors (Lipinski definition) is 3. The first-order chi connectivity index (χ1) is 9.11. The Morgan fingerprint density at radius 3 is 2.68 bits per heavy atom. The van der Waals surface area contributed by atoms with E-state index in [9.17, 15) is 4.79 Å². The normalized spacial score (nSPS) is 16.6. The number of nitrogens with one attached hydrogen (secondary N) is 1. The molecule has 1 saturated heterocycles. The van der Waals surface area contributed by atoms with Crippen LogP contribution in [0, 0.1) is 5.92 Å². The third kappa shape index (κ3) is 3.48. The molecule has 0 aliphatic carbocycles. The van der Waals surface area contributed by atoms with Crippen LogP contribution in [0.1, 0.15) is 18.4 Å². The highest BCUT2D eigenvalue weighted by Crippen LogP contribution is 2.27. The molecule has 0 bridgehead atoms. The summed E-state index contributed by atoms with van der Waals surface area (Å²) in [6.07, 6.45) is 1.70. The van der Waals surface area contributed by atoms with Crippen LogP contribution < -0.4 is 16.0 Å². The summed E-state index contributed by atoms with van der Waals surface area (Å²) >= 11 is 3.61. The molecule has 1 amide bonds. The van der Waals surface area contributed by atoms with Gasteiger partial charge in [0.15, 0.2) is 0 Å². The molecule has 19 heavy (non-hydrogen) atoms. The number of primary amides is 1. The minimum atomic E-state index is -0.162. The number of carbonyl (C=O) groups excluding carboxylic acids is 1. The summed E-state index contributed by atoms with van der Waals surface area (Å²) in [5.41, 5.74) is 7.81. The highest BCUT2D eigenvalue weighted by atomic mass is 79.9. The first kappa shape index (κ1) is 14.3. The van der Waals surface area contributed by atoms with Gasteiger partial charge in [0, 0.05) is 35.7 Å². The second-order valence-corrected chi connectivity index (χ2v) is 5.82. The van der Waals surface area contributed by atoms with Crippen molar-refractivity contribution >= 4 is 27.5 Å². The van der Waals surface area contributed by atoms with Crippen molar-refractivity contribution in [1.29, 1.82) is 0 Å². The molecule has 5 heteroatoms. The molecule has 1 heterocycles. The fraction of sp³-hybridized carbons (Fsp3) is 0.500. The Labute approximate surface area is 122 Å². The maximum Gasteiger partial charge on any atom is 0.220 e. The lowest BCUT2D eigenvalue weighted by molar-refractivity contribution is -0.122. The van der Waals surface area contributed by atoms with Gasteiger partial charge in [0.2, 0.25) is 5.91 Å². The summed E-state index contributed by atoms with van der Waals surface area (Å²) in [4.78, 5) is 13.5. The Morgan fingerprint density at radius 2 is 2.16 bits per heavy atom. The number of anilines is 1. The Hall–Kier alpha value is -1.07. The number of amides is 1. The van der Waals surface area contributed by atoms with Crippen molar-refractivity contribution in [3.8, 4) is 0 Å². The van der Waals surface area contributed by atoms with Gasteiger partial charge in [-0.15, -0.1) is 0 Å². The molecule has 1 aromatic carbocycles. The smallest absolute Gasteiger partial charge is 0.220 e. The van der Waals surface area contributed by atoms with Gasteiger partial charge in [-0.25, -0.2) is 0 Å². The second kappa shape index (κ2) is 6.39. The lowest BCUT2D eigenvalue weighted by Gasteiger charge is -2.32. The van der Waals surface area contributed by atoms with Crippen molar-refractivity contribution in [2.24, 2.45) is 11.7 Å². The van der Waals surface area contributed by atoms with Gasteiger partial charge >= 0.3 is 0 Å². The first-order valence-corrected chi connectivity index (χ1v) is 7.38. The highest BCUT2D eigenvalue weighted by Gasteiger charge is 2.23. The molecule has 1 aliphatic heterocycles. The van der Waals surface area contributed by atoms with Gasteiger partial charge in [0.05, 0.1) is 0 Å². The van der Waals surface area contributed by atoms with E-state index in [0.717, 1.165) is 36.9 Å². The van der Waals surface area contributed by atoms with Crippen LogP contribution >= 0.6 is 15.9 Å². The Balaban J connectivity index is 2.03. The molecule has 104 valence electrons. The zero-order chi connectivity index (χ0) is 13.8.